The zero-order valence-electron chi connectivity index (χ0n) is 19.4. The third kappa shape index (κ3) is 4.53. The first-order valence-corrected chi connectivity index (χ1v) is 11.2. The van der Waals surface area contributed by atoms with Crippen LogP contribution in [-0.2, 0) is 9.59 Å². The molecule has 0 saturated carbocycles. The van der Waals surface area contributed by atoms with Gasteiger partial charge in [-0.2, -0.15) is 0 Å². The molecule has 0 fully saturated rings. The van der Waals surface area contributed by atoms with Gasteiger partial charge in [0.15, 0.2) is 0 Å². The van der Waals surface area contributed by atoms with Gasteiger partial charge in [0.05, 0.1) is 17.9 Å². The van der Waals surface area contributed by atoms with Crippen molar-refractivity contribution >= 4 is 28.8 Å². The Hall–Kier alpha value is -3.86. The van der Waals surface area contributed by atoms with Gasteiger partial charge >= 0.3 is 0 Å². The van der Waals surface area contributed by atoms with Gasteiger partial charge in [0, 0.05) is 5.69 Å². The van der Waals surface area contributed by atoms with Crippen molar-refractivity contribution in [1.82, 2.24) is 0 Å². The number of hydrogen-bond acceptors (Lipinski definition) is 4. The fraction of sp³-hybridized carbons (Fsp3) is 0.214. The minimum Gasteiger partial charge on any atom is -0.494 e. The van der Waals surface area contributed by atoms with Gasteiger partial charge < -0.3 is 10.1 Å². The van der Waals surface area contributed by atoms with Gasteiger partial charge in [-0.1, -0.05) is 50.2 Å². The van der Waals surface area contributed by atoms with E-state index in [0.717, 1.165) is 11.3 Å². The van der Waals surface area contributed by atoms with Gasteiger partial charge in [0.2, 0.25) is 0 Å². The normalized spacial score (nSPS) is 13.8. The van der Waals surface area contributed by atoms with Crippen molar-refractivity contribution in [1.29, 1.82) is 0 Å². The molecule has 1 aliphatic heterocycles. The molecule has 2 amide bonds. The Balaban J connectivity index is 1.76. The first-order valence-electron chi connectivity index (χ1n) is 11.2. The monoisotopic (exact) mass is 440 g/mol. The Kier molecular flexibility index (Phi) is 6.31. The van der Waals surface area contributed by atoms with Gasteiger partial charge in [0.25, 0.3) is 11.8 Å². The minimum absolute atomic E-state index is 0.267. The van der Waals surface area contributed by atoms with Crippen LogP contribution < -0.4 is 15.0 Å². The van der Waals surface area contributed by atoms with E-state index < -0.39 is 0 Å². The molecule has 3 aromatic carbocycles. The van der Waals surface area contributed by atoms with E-state index in [1.54, 1.807) is 6.07 Å². The van der Waals surface area contributed by atoms with Crippen molar-refractivity contribution in [2.45, 2.75) is 33.6 Å². The lowest BCUT2D eigenvalue weighted by Crippen LogP contribution is -2.32. The van der Waals surface area contributed by atoms with Crippen LogP contribution in [-0.4, -0.2) is 18.4 Å². The number of amides is 2. The van der Waals surface area contributed by atoms with Crippen molar-refractivity contribution in [2.75, 3.05) is 16.8 Å². The number of carbonyl (C=O) groups is 2. The summed E-state index contributed by atoms with van der Waals surface area (Å²) < 4.78 is 5.53. The Labute approximate surface area is 194 Å². The fourth-order valence-corrected chi connectivity index (χ4v) is 3.90. The molecule has 0 saturated heterocycles. The van der Waals surface area contributed by atoms with Crippen LogP contribution in [0.2, 0.25) is 0 Å². The summed E-state index contributed by atoms with van der Waals surface area (Å²) in [6.45, 7) is 8.67. The number of hydrogen-bond donors (Lipinski definition) is 1. The zero-order valence-corrected chi connectivity index (χ0v) is 19.4. The van der Waals surface area contributed by atoms with Crippen LogP contribution in [0.15, 0.2) is 78.5 Å². The number of carbonyl (C=O) groups excluding carboxylic acids is 2. The van der Waals surface area contributed by atoms with Crippen LogP contribution in [0, 0.1) is 6.92 Å². The molecule has 0 unspecified atom stereocenters. The number of benzene rings is 3. The van der Waals surface area contributed by atoms with Crippen molar-refractivity contribution in [3.05, 3.63) is 95.2 Å². The second kappa shape index (κ2) is 9.33. The lowest BCUT2D eigenvalue weighted by atomic mass is 10.0. The number of anilines is 2. The van der Waals surface area contributed by atoms with Gasteiger partial charge in [-0.15, -0.1) is 0 Å². The molecule has 5 heteroatoms. The smallest absolute Gasteiger partial charge is 0.282 e. The second-order valence-corrected chi connectivity index (χ2v) is 8.39. The number of ether oxygens (including phenoxy) is 1. The summed E-state index contributed by atoms with van der Waals surface area (Å²) in [6.07, 6.45) is 0. The maximum atomic E-state index is 13.6. The maximum Gasteiger partial charge on any atom is 0.282 e. The van der Waals surface area contributed by atoms with E-state index in [0.29, 0.717) is 35.1 Å². The second-order valence-electron chi connectivity index (χ2n) is 8.39. The van der Waals surface area contributed by atoms with Crippen molar-refractivity contribution < 1.29 is 14.3 Å². The highest BCUT2D eigenvalue weighted by atomic mass is 16.5. The van der Waals surface area contributed by atoms with E-state index in [2.05, 4.69) is 19.2 Å². The molecule has 1 N–H and O–H groups in total. The summed E-state index contributed by atoms with van der Waals surface area (Å²) in [6, 6.07) is 22.6. The van der Waals surface area contributed by atoms with Crippen molar-refractivity contribution in [3.63, 3.8) is 0 Å². The molecular formula is C28H28N2O3. The first kappa shape index (κ1) is 22.3. The maximum absolute atomic E-state index is 13.6. The average molecular weight is 441 g/mol. The number of rotatable bonds is 7. The molecule has 1 aliphatic rings. The Bertz CT molecular complexity index is 1210. The molecule has 0 aliphatic carbocycles. The number of nitrogens with one attached hydrogen (secondary N) is 1. The highest BCUT2D eigenvalue weighted by Crippen LogP contribution is 2.34. The quantitative estimate of drug-likeness (QED) is 0.464. The van der Waals surface area contributed by atoms with E-state index in [1.165, 1.54) is 10.5 Å². The molecule has 1 heterocycles. The standard InChI is InChI=1S/C28H28N2O3/c1-5-33-24-15-11-21(12-16-24)25-26(29-22-13-9-20(10-14-22)18(2)3)28(32)30(27(25)31)23-8-6-7-19(4)17-23/h6-18,29H,5H2,1-4H3. The van der Waals surface area contributed by atoms with E-state index >= 15 is 0 Å². The van der Waals surface area contributed by atoms with Crippen LogP contribution in [0.5, 0.6) is 5.75 Å². The Morgan fingerprint density at radius 3 is 2.21 bits per heavy atom. The van der Waals surface area contributed by atoms with E-state index in [9.17, 15) is 9.59 Å². The molecule has 5 nitrogen and oxygen atoms in total. The molecular weight excluding hydrogens is 412 g/mol. The summed E-state index contributed by atoms with van der Waals surface area (Å²) in [5.74, 6) is 0.399. The average Bonchev–Trinajstić information content (AvgIpc) is 3.04. The predicted molar refractivity (Wildman–Crippen MR) is 132 cm³/mol. The summed E-state index contributed by atoms with van der Waals surface area (Å²) in [4.78, 5) is 28.3. The van der Waals surface area contributed by atoms with Gasteiger partial charge in [0.1, 0.15) is 11.4 Å². The predicted octanol–water partition coefficient (Wildman–Crippen LogP) is 5.91. The molecule has 3 aromatic rings. The third-order valence-electron chi connectivity index (χ3n) is 5.64. The van der Waals surface area contributed by atoms with Crippen LogP contribution in [0.25, 0.3) is 5.57 Å². The summed E-state index contributed by atoms with van der Waals surface area (Å²) in [5.41, 5.74) is 4.76. The number of nitrogens with zero attached hydrogens (tertiary/aromatic N) is 1. The van der Waals surface area contributed by atoms with Gasteiger partial charge in [-0.05, 0) is 72.9 Å². The molecule has 0 aromatic heterocycles. The fourth-order valence-electron chi connectivity index (χ4n) is 3.90. The molecule has 33 heavy (non-hydrogen) atoms. The SMILES string of the molecule is CCOc1ccc(C2=C(Nc3ccc(C(C)C)cc3)C(=O)N(c3cccc(C)c3)C2=O)cc1. The highest BCUT2D eigenvalue weighted by molar-refractivity contribution is 6.46. The van der Waals surface area contributed by atoms with E-state index in [-0.39, 0.29) is 17.5 Å². The Morgan fingerprint density at radius 1 is 0.909 bits per heavy atom. The van der Waals surface area contributed by atoms with Crippen LogP contribution in [0.4, 0.5) is 11.4 Å². The van der Waals surface area contributed by atoms with Crippen LogP contribution in [0.3, 0.4) is 0 Å². The van der Waals surface area contributed by atoms with Crippen molar-refractivity contribution in [3.8, 4) is 5.75 Å². The minimum atomic E-state index is -0.373. The van der Waals surface area contributed by atoms with Gasteiger partial charge in [-0.3, -0.25) is 9.59 Å². The molecule has 0 spiro atoms. The lowest BCUT2D eigenvalue weighted by molar-refractivity contribution is -0.120. The molecule has 0 radical (unpaired) electrons. The topological polar surface area (TPSA) is 58.6 Å². The van der Waals surface area contributed by atoms with Crippen LogP contribution in [0.1, 0.15) is 43.4 Å². The number of imide groups is 1. The summed E-state index contributed by atoms with van der Waals surface area (Å²) >= 11 is 0. The molecule has 168 valence electrons. The van der Waals surface area contributed by atoms with E-state index in [4.69, 9.17) is 4.74 Å². The van der Waals surface area contributed by atoms with Gasteiger partial charge in [-0.25, -0.2) is 4.90 Å². The number of aryl methyl sites for hydroxylation is 1. The molecule has 0 atom stereocenters. The third-order valence-corrected chi connectivity index (χ3v) is 5.64. The summed E-state index contributed by atoms with van der Waals surface area (Å²) in [5, 5.41) is 3.23. The summed E-state index contributed by atoms with van der Waals surface area (Å²) in [7, 11) is 0. The zero-order chi connectivity index (χ0) is 23.5. The Morgan fingerprint density at radius 2 is 1.61 bits per heavy atom. The first-order chi connectivity index (χ1) is 15.9. The highest BCUT2D eigenvalue weighted by Gasteiger charge is 2.40. The largest absolute Gasteiger partial charge is 0.494 e. The van der Waals surface area contributed by atoms with Crippen molar-refractivity contribution in [2.24, 2.45) is 0 Å². The molecule has 0 bridgehead atoms. The molecule has 4 rings (SSSR count). The van der Waals surface area contributed by atoms with E-state index in [1.807, 2.05) is 80.6 Å². The lowest BCUT2D eigenvalue weighted by Gasteiger charge is -2.16. The van der Waals surface area contributed by atoms with Crippen LogP contribution >= 0.6 is 0 Å².